The van der Waals surface area contributed by atoms with Crippen molar-refractivity contribution in [1.29, 1.82) is 0 Å². The molecule has 0 spiro atoms. The van der Waals surface area contributed by atoms with Crippen LogP contribution in [-0.2, 0) is 9.59 Å². The normalized spacial score (nSPS) is 10.1. The van der Waals surface area contributed by atoms with Gasteiger partial charge >= 0.3 is 5.97 Å². The van der Waals surface area contributed by atoms with Crippen molar-refractivity contribution in [2.75, 3.05) is 25.0 Å². The first-order chi connectivity index (χ1) is 10.8. The van der Waals surface area contributed by atoms with Crippen LogP contribution in [0.5, 0.6) is 0 Å². The van der Waals surface area contributed by atoms with E-state index < -0.39 is 10.9 Å². The summed E-state index contributed by atoms with van der Waals surface area (Å²) in [5.74, 6) is -1.18. The number of nitro benzene ring substituents is 1. The second kappa shape index (κ2) is 10.6. The summed E-state index contributed by atoms with van der Waals surface area (Å²) in [6.45, 7) is 4.47. The third kappa shape index (κ3) is 7.38. The molecular formula is C15H22ClN3O5. The number of halogens is 1. The number of hydrogen-bond acceptors (Lipinski definition) is 5. The number of nitrogens with one attached hydrogen (secondary N) is 1. The fraction of sp³-hybridized carbons (Fsp3) is 0.467. The highest BCUT2D eigenvalue weighted by Crippen LogP contribution is 2.21. The van der Waals surface area contributed by atoms with Crippen LogP contribution >= 0.6 is 12.4 Å². The number of rotatable bonds is 9. The zero-order valence-electron chi connectivity index (χ0n) is 13.7. The maximum Gasteiger partial charge on any atom is 0.317 e. The Morgan fingerprint density at radius 1 is 1.33 bits per heavy atom. The van der Waals surface area contributed by atoms with Crippen molar-refractivity contribution < 1.29 is 19.6 Å². The summed E-state index contributed by atoms with van der Waals surface area (Å²) in [7, 11) is 0. The molecule has 0 saturated heterocycles. The van der Waals surface area contributed by atoms with Crippen molar-refractivity contribution in [3.63, 3.8) is 0 Å². The number of aliphatic carboxylic acids is 1. The van der Waals surface area contributed by atoms with Gasteiger partial charge < -0.3 is 10.4 Å². The summed E-state index contributed by atoms with van der Waals surface area (Å²) in [6.07, 6.45) is 0.958. The van der Waals surface area contributed by atoms with Crippen LogP contribution in [0.3, 0.4) is 0 Å². The lowest BCUT2D eigenvalue weighted by molar-refractivity contribution is -0.384. The Labute approximate surface area is 146 Å². The maximum atomic E-state index is 12.0. The number of nitro groups is 1. The van der Waals surface area contributed by atoms with E-state index >= 15 is 0 Å². The SMILES string of the molecule is CCCN(CCC(=O)Nc1ccc([N+](=O)[O-])cc1C)CC(=O)O.Cl. The Balaban J connectivity index is 0.00000529. The number of carbonyl (C=O) groups excluding carboxylic acids is 1. The van der Waals surface area contributed by atoms with Gasteiger partial charge in [0.25, 0.3) is 5.69 Å². The monoisotopic (exact) mass is 359 g/mol. The number of non-ortho nitro benzene ring substituents is 1. The molecule has 0 fully saturated rings. The second-order valence-corrected chi connectivity index (χ2v) is 5.22. The third-order valence-corrected chi connectivity index (χ3v) is 3.25. The van der Waals surface area contributed by atoms with Gasteiger partial charge in [0.05, 0.1) is 11.5 Å². The summed E-state index contributed by atoms with van der Waals surface area (Å²) < 4.78 is 0. The van der Waals surface area contributed by atoms with E-state index in [1.165, 1.54) is 18.2 Å². The Morgan fingerprint density at radius 3 is 2.50 bits per heavy atom. The predicted octanol–water partition coefficient (Wildman–Crippen LogP) is 2.45. The van der Waals surface area contributed by atoms with Gasteiger partial charge in [-0.25, -0.2) is 0 Å². The largest absolute Gasteiger partial charge is 0.480 e. The zero-order chi connectivity index (χ0) is 17.4. The average Bonchev–Trinajstić information content (AvgIpc) is 2.46. The molecule has 134 valence electrons. The summed E-state index contributed by atoms with van der Waals surface area (Å²) in [4.78, 5) is 34.6. The molecule has 0 saturated carbocycles. The molecule has 0 unspecified atom stereocenters. The van der Waals surface area contributed by atoms with Gasteiger partial charge in [-0.05, 0) is 31.5 Å². The van der Waals surface area contributed by atoms with E-state index in [9.17, 15) is 19.7 Å². The molecule has 2 N–H and O–H groups in total. The van der Waals surface area contributed by atoms with Crippen molar-refractivity contribution in [2.24, 2.45) is 0 Å². The molecule has 1 aromatic rings. The number of nitrogens with zero attached hydrogens (tertiary/aromatic N) is 2. The van der Waals surface area contributed by atoms with Crippen LogP contribution in [0.1, 0.15) is 25.3 Å². The summed E-state index contributed by atoms with van der Waals surface area (Å²) in [5.41, 5.74) is 1.08. The molecule has 0 heterocycles. The number of carboxylic acid groups (broad SMARTS) is 1. The van der Waals surface area contributed by atoms with E-state index in [2.05, 4.69) is 5.32 Å². The Kier molecular flexibility index (Phi) is 9.60. The smallest absolute Gasteiger partial charge is 0.317 e. The fourth-order valence-corrected chi connectivity index (χ4v) is 2.15. The standard InChI is InChI=1S/C15H21N3O5.ClH/c1-3-7-17(10-15(20)21)8-6-14(19)16-13-5-4-12(18(22)23)9-11(13)2;/h4-5,9H,3,6-8,10H2,1-2H3,(H,16,19)(H,20,21);1H. The molecule has 1 rings (SSSR count). The number of carbonyl (C=O) groups is 2. The van der Waals surface area contributed by atoms with E-state index in [1.807, 2.05) is 6.92 Å². The van der Waals surface area contributed by atoms with Crippen molar-refractivity contribution in [3.8, 4) is 0 Å². The number of aryl methyl sites for hydroxylation is 1. The zero-order valence-corrected chi connectivity index (χ0v) is 14.5. The Hall–Kier alpha value is -2.19. The average molecular weight is 360 g/mol. The molecule has 0 aliphatic carbocycles. The molecule has 8 nitrogen and oxygen atoms in total. The number of anilines is 1. The molecule has 9 heteroatoms. The molecule has 24 heavy (non-hydrogen) atoms. The van der Waals surface area contributed by atoms with Gasteiger partial charge in [-0.2, -0.15) is 0 Å². The van der Waals surface area contributed by atoms with Crippen molar-refractivity contribution in [3.05, 3.63) is 33.9 Å². The van der Waals surface area contributed by atoms with Crippen molar-refractivity contribution in [1.82, 2.24) is 4.90 Å². The van der Waals surface area contributed by atoms with Gasteiger partial charge in [0.1, 0.15) is 0 Å². The minimum Gasteiger partial charge on any atom is -0.480 e. The highest BCUT2D eigenvalue weighted by Gasteiger charge is 2.13. The van der Waals surface area contributed by atoms with Crippen LogP contribution in [0.4, 0.5) is 11.4 Å². The first-order valence-corrected chi connectivity index (χ1v) is 7.32. The molecule has 1 aromatic carbocycles. The van der Waals surface area contributed by atoms with Gasteiger partial charge in [-0.15, -0.1) is 12.4 Å². The summed E-state index contributed by atoms with van der Waals surface area (Å²) in [6, 6.07) is 4.21. The van der Waals surface area contributed by atoms with Gasteiger partial charge in [0.15, 0.2) is 0 Å². The van der Waals surface area contributed by atoms with Crippen LogP contribution in [0.15, 0.2) is 18.2 Å². The molecular weight excluding hydrogens is 338 g/mol. The molecule has 0 bridgehead atoms. The van der Waals surface area contributed by atoms with E-state index in [0.29, 0.717) is 24.3 Å². The number of amides is 1. The van der Waals surface area contributed by atoms with Gasteiger partial charge in [-0.1, -0.05) is 6.92 Å². The van der Waals surface area contributed by atoms with Crippen LogP contribution < -0.4 is 5.32 Å². The van der Waals surface area contributed by atoms with Crippen molar-refractivity contribution >= 4 is 35.7 Å². The minimum atomic E-state index is -0.926. The maximum absolute atomic E-state index is 12.0. The highest BCUT2D eigenvalue weighted by molar-refractivity contribution is 5.91. The second-order valence-electron chi connectivity index (χ2n) is 5.22. The number of carboxylic acids is 1. The fourth-order valence-electron chi connectivity index (χ4n) is 2.15. The highest BCUT2D eigenvalue weighted by atomic mass is 35.5. The molecule has 0 aromatic heterocycles. The molecule has 0 atom stereocenters. The first-order valence-electron chi connectivity index (χ1n) is 7.32. The Bertz CT molecular complexity index is 594. The van der Waals surface area contributed by atoms with Gasteiger partial charge in [0, 0.05) is 30.8 Å². The van der Waals surface area contributed by atoms with Gasteiger partial charge in [-0.3, -0.25) is 24.6 Å². The molecule has 0 radical (unpaired) electrons. The van der Waals surface area contributed by atoms with Crippen LogP contribution in [-0.4, -0.2) is 46.4 Å². The van der Waals surface area contributed by atoms with Gasteiger partial charge in [0.2, 0.25) is 5.91 Å². The quantitative estimate of drug-likeness (QED) is 0.517. The lowest BCUT2D eigenvalue weighted by Gasteiger charge is -2.19. The van der Waals surface area contributed by atoms with Crippen molar-refractivity contribution in [2.45, 2.75) is 26.7 Å². The lowest BCUT2D eigenvalue weighted by Crippen LogP contribution is -2.33. The molecule has 1 amide bonds. The van der Waals surface area contributed by atoms with Crippen LogP contribution in [0.2, 0.25) is 0 Å². The van der Waals surface area contributed by atoms with E-state index in [1.54, 1.807) is 11.8 Å². The first kappa shape index (κ1) is 21.8. The number of hydrogen-bond donors (Lipinski definition) is 2. The van der Waals surface area contributed by atoms with Crippen LogP contribution in [0, 0.1) is 17.0 Å². The minimum absolute atomic E-state index is 0. The van der Waals surface area contributed by atoms with E-state index in [-0.39, 0.29) is 37.0 Å². The summed E-state index contributed by atoms with van der Waals surface area (Å²) >= 11 is 0. The third-order valence-electron chi connectivity index (χ3n) is 3.25. The predicted molar refractivity (Wildman–Crippen MR) is 92.7 cm³/mol. The molecule has 0 aliphatic heterocycles. The topological polar surface area (TPSA) is 113 Å². The summed E-state index contributed by atoms with van der Waals surface area (Å²) in [5, 5.41) is 22.2. The van der Waals surface area contributed by atoms with E-state index in [4.69, 9.17) is 5.11 Å². The van der Waals surface area contributed by atoms with Crippen LogP contribution in [0.25, 0.3) is 0 Å². The van der Waals surface area contributed by atoms with E-state index in [0.717, 1.165) is 6.42 Å². The Morgan fingerprint density at radius 2 is 2.00 bits per heavy atom. The lowest BCUT2D eigenvalue weighted by atomic mass is 10.1. The molecule has 0 aliphatic rings. The number of benzene rings is 1.